The Kier molecular flexibility index (Phi) is 3.59. The molecule has 0 aliphatic carbocycles. The summed E-state index contributed by atoms with van der Waals surface area (Å²) in [6.07, 6.45) is 0. The average molecular weight is 287 g/mol. The molecule has 0 amide bonds. The van der Waals surface area contributed by atoms with Gasteiger partial charge in [0.05, 0.1) is 5.69 Å². The third-order valence-corrected chi connectivity index (χ3v) is 2.94. The van der Waals surface area contributed by atoms with Crippen LogP contribution in [0.1, 0.15) is 0 Å². The number of oxazole rings is 1. The van der Waals surface area contributed by atoms with Crippen molar-refractivity contribution in [3.63, 3.8) is 0 Å². The quantitative estimate of drug-likeness (QED) is 0.680. The molecule has 0 atom stereocenters. The van der Waals surface area contributed by atoms with Gasteiger partial charge in [-0.1, -0.05) is 12.1 Å². The zero-order valence-electron chi connectivity index (χ0n) is 11.3. The first-order chi connectivity index (χ1) is 10.8. The van der Waals surface area contributed by atoms with Crippen LogP contribution in [0.5, 0.6) is 0 Å². The van der Waals surface area contributed by atoms with Crippen molar-refractivity contribution in [2.24, 2.45) is 10.2 Å². The number of hydrogen-bond donors (Lipinski definition) is 0. The van der Waals surface area contributed by atoms with E-state index in [2.05, 4.69) is 15.2 Å². The van der Waals surface area contributed by atoms with E-state index in [1.807, 2.05) is 24.3 Å². The summed E-state index contributed by atoms with van der Waals surface area (Å²) < 4.78 is 5.68. The summed E-state index contributed by atoms with van der Waals surface area (Å²) in [6, 6.07) is 16.9. The maximum Gasteiger partial charge on any atom is 0.242 e. The zero-order chi connectivity index (χ0) is 15.4. The van der Waals surface area contributed by atoms with Crippen LogP contribution in [0.2, 0.25) is 0 Å². The van der Waals surface area contributed by atoms with Crippen molar-refractivity contribution in [3.05, 3.63) is 48.5 Å². The Labute approximate surface area is 126 Å². The second-order valence-electron chi connectivity index (χ2n) is 4.41. The van der Waals surface area contributed by atoms with E-state index < -0.39 is 6.04 Å². The molecule has 1 aromatic heterocycles. The number of rotatable bonds is 3. The molecule has 6 nitrogen and oxygen atoms in total. The highest BCUT2D eigenvalue weighted by Crippen LogP contribution is 2.25. The lowest BCUT2D eigenvalue weighted by atomic mass is 10.2. The fourth-order valence-corrected chi connectivity index (χ4v) is 1.87. The Hall–Kier alpha value is -3.51. The van der Waals surface area contributed by atoms with E-state index in [0.717, 1.165) is 16.7 Å². The van der Waals surface area contributed by atoms with E-state index in [0.29, 0.717) is 11.6 Å². The van der Waals surface area contributed by atoms with Gasteiger partial charge in [-0.25, -0.2) is 4.98 Å². The lowest BCUT2D eigenvalue weighted by Gasteiger charge is -1.96. The Bertz CT molecular complexity index is 865. The molecular formula is C16H9N5O. The molecule has 0 aliphatic heterocycles. The van der Waals surface area contributed by atoms with Gasteiger partial charge in [-0.15, -0.1) is 0 Å². The molecule has 1 heterocycles. The highest BCUT2D eigenvalue weighted by molar-refractivity contribution is 5.76. The molecule has 0 fully saturated rings. The van der Waals surface area contributed by atoms with Crippen molar-refractivity contribution in [1.82, 2.24) is 4.98 Å². The minimum atomic E-state index is -1.09. The molecule has 0 N–H and O–H groups in total. The van der Waals surface area contributed by atoms with Crippen molar-refractivity contribution in [3.8, 4) is 23.6 Å². The van der Waals surface area contributed by atoms with Crippen LogP contribution in [-0.4, -0.2) is 11.0 Å². The first kappa shape index (κ1) is 13.5. The summed E-state index contributed by atoms with van der Waals surface area (Å²) in [5.74, 6) is 0.525. The molecule has 0 saturated carbocycles. The van der Waals surface area contributed by atoms with Gasteiger partial charge in [0.1, 0.15) is 17.7 Å². The number of nitrogens with zero attached hydrogens (tertiary/aromatic N) is 5. The molecular weight excluding hydrogens is 278 g/mol. The van der Waals surface area contributed by atoms with Crippen LogP contribution in [-0.2, 0) is 0 Å². The van der Waals surface area contributed by atoms with Gasteiger partial charge in [0.25, 0.3) is 0 Å². The Morgan fingerprint density at radius 1 is 1.00 bits per heavy atom. The van der Waals surface area contributed by atoms with Crippen molar-refractivity contribution in [1.29, 1.82) is 10.5 Å². The SMILES string of the molecule is N#CC(C#N)N=Nc1ccc(-c2nc3ccccc3o2)cc1. The third kappa shape index (κ3) is 2.67. The molecule has 3 aromatic rings. The maximum absolute atomic E-state index is 8.62. The van der Waals surface area contributed by atoms with Gasteiger partial charge in [-0.3, -0.25) is 0 Å². The minimum absolute atomic E-state index is 0.525. The van der Waals surface area contributed by atoms with Crippen molar-refractivity contribution in [2.75, 3.05) is 0 Å². The minimum Gasteiger partial charge on any atom is -0.436 e. The average Bonchev–Trinajstić information content (AvgIpc) is 3.00. The molecule has 0 unspecified atom stereocenters. The Morgan fingerprint density at radius 3 is 2.41 bits per heavy atom. The van der Waals surface area contributed by atoms with Crippen LogP contribution in [0.25, 0.3) is 22.6 Å². The largest absolute Gasteiger partial charge is 0.436 e. The summed E-state index contributed by atoms with van der Waals surface area (Å²) in [5, 5.41) is 24.7. The normalized spacial score (nSPS) is 10.9. The van der Waals surface area contributed by atoms with Crippen LogP contribution in [0.15, 0.2) is 63.2 Å². The highest BCUT2D eigenvalue weighted by Gasteiger charge is 2.07. The van der Waals surface area contributed by atoms with Crippen molar-refractivity contribution >= 4 is 16.8 Å². The standard InChI is InChI=1S/C16H9N5O/c17-9-13(10-18)21-20-12-7-5-11(6-8-12)16-19-14-3-1-2-4-15(14)22-16/h1-8,13H. The number of fused-ring (bicyclic) bond motifs is 1. The topological polar surface area (TPSA) is 98.3 Å². The van der Waals surface area contributed by atoms with Crippen molar-refractivity contribution < 1.29 is 4.42 Å². The summed E-state index contributed by atoms with van der Waals surface area (Å²) in [6.45, 7) is 0. The molecule has 0 spiro atoms. The summed E-state index contributed by atoms with van der Waals surface area (Å²) in [5.41, 5.74) is 2.89. The van der Waals surface area contributed by atoms with E-state index in [-0.39, 0.29) is 0 Å². The van der Waals surface area contributed by atoms with E-state index in [4.69, 9.17) is 14.9 Å². The van der Waals surface area contributed by atoms with Gasteiger partial charge < -0.3 is 4.42 Å². The molecule has 104 valence electrons. The first-order valence-electron chi connectivity index (χ1n) is 6.46. The molecule has 3 rings (SSSR count). The number of benzene rings is 2. The van der Waals surface area contributed by atoms with Gasteiger partial charge in [0, 0.05) is 5.56 Å². The van der Waals surface area contributed by atoms with Gasteiger partial charge in [-0.2, -0.15) is 20.8 Å². The first-order valence-corrected chi connectivity index (χ1v) is 6.46. The summed E-state index contributed by atoms with van der Waals surface area (Å²) in [7, 11) is 0. The Morgan fingerprint density at radius 2 is 1.73 bits per heavy atom. The molecule has 22 heavy (non-hydrogen) atoms. The molecule has 0 aliphatic rings. The van der Waals surface area contributed by atoms with Crippen LogP contribution in [0.3, 0.4) is 0 Å². The van der Waals surface area contributed by atoms with E-state index in [1.165, 1.54) is 0 Å². The Balaban J connectivity index is 1.85. The van der Waals surface area contributed by atoms with Crippen molar-refractivity contribution in [2.45, 2.75) is 6.04 Å². The summed E-state index contributed by atoms with van der Waals surface area (Å²) in [4.78, 5) is 4.41. The maximum atomic E-state index is 8.62. The number of nitriles is 2. The van der Waals surface area contributed by atoms with Crippen LogP contribution in [0.4, 0.5) is 5.69 Å². The predicted octanol–water partition coefficient (Wildman–Crippen LogP) is 3.99. The molecule has 6 heteroatoms. The van der Waals surface area contributed by atoms with Gasteiger partial charge in [0.15, 0.2) is 5.58 Å². The van der Waals surface area contributed by atoms with Crippen LogP contribution >= 0.6 is 0 Å². The monoisotopic (exact) mass is 287 g/mol. The van der Waals surface area contributed by atoms with Gasteiger partial charge in [0.2, 0.25) is 11.9 Å². The lowest BCUT2D eigenvalue weighted by Crippen LogP contribution is -1.92. The van der Waals surface area contributed by atoms with E-state index in [9.17, 15) is 0 Å². The van der Waals surface area contributed by atoms with Crippen LogP contribution < -0.4 is 0 Å². The molecule has 2 aromatic carbocycles. The second-order valence-corrected chi connectivity index (χ2v) is 4.41. The second kappa shape index (κ2) is 5.86. The number of aromatic nitrogens is 1. The predicted molar refractivity (Wildman–Crippen MR) is 79.0 cm³/mol. The van der Waals surface area contributed by atoms with E-state index >= 15 is 0 Å². The fraction of sp³-hybridized carbons (Fsp3) is 0.0625. The molecule has 0 saturated heterocycles. The molecule has 0 radical (unpaired) electrons. The number of azo groups is 1. The van der Waals surface area contributed by atoms with Crippen LogP contribution in [0, 0.1) is 22.7 Å². The zero-order valence-corrected chi connectivity index (χ0v) is 11.3. The lowest BCUT2D eigenvalue weighted by molar-refractivity contribution is 0.620. The fourth-order valence-electron chi connectivity index (χ4n) is 1.87. The third-order valence-electron chi connectivity index (χ3n) is 2.94. The number of para-hydroxylation sites is 2. The van der Waals surface area contributed by atoms with Gasteiger partial charge >= 0.3 is 0 Å². The van der Waals surface area contributed by atoms with Gasteiger partial charge in [-0.05, 0) is 36.4 Å². The van der Waals surface area contributed by atoms with E-state index in [1.54, 1.807) is 36.4 Å². The molecule has 0 bridgehead atoms. The summed E-state index contributed by atoms with van der Waals surface area (Å²) >= 11 is 0. The highest BCUT2D eigenvalue weighted by atomic mass is 16.3. The number of hydrogen-bond acceptors (Lipinski definition) is 6. The smallest absolute Gasteiger partial charge is 0.242 e.